The summed E-state index contributed by atoms with van der Waals surface area (Å²) in [6.45, 7) is 0.359. The third kappa shape index (κ3) is 3.09. The van der Waals surface area contributed by atoms with Gasteiger partial charge in [-0.15, -0.1) is 5.10 Å². The lowest BCUT2D eigenvalue weighted by molar-refractivity contribution is 0.102. The number of pyridine rings is 1. The Bertz CT molecular complexity index is 1050. The summed E-state index contributed by atoms with van der Waals surface area (Å²) in [5.41, 5.74) is 1.87. The van der Waals surface area contributed by atoms with E-state index in [4.69, 9.17) is 0 Å². The lowest BCUT2D eigenvalue weighted by atomic mass is 10.2. The van der Waals surface area contributed by atoms with Crippen LogP contribution in [0.3, 0.4) is 0 Å². The van der Waals surface area contributed by atoms with E-state index in [-0.39, 0.29) is 17.7 Å². The van der Waals surface area contributed by atoms with Crippen LogP contribution in [0.1, 0.15) is 15.9 Å². The molecule has 0 saturated carbocycles. The number of anilines is 1. The van der Waals surface area contributed by atoms with Gasteiger partial charge in [0.05, 0.1) is 12.1 Å². The number of amides is 1. The van der Waals surface area contributed by atoms with E-state index < -0.39 is 0 Å². The van der Waals surface area contributed by atoms with Crippen LogP contribution in [0.15, 0.2) is 55.1 Å². The highest BCUT2D eigenvalue weighted by Gasteiger charge is 2.13. The van der Waals surface area contributed by atoms with Crippen LogP contribution in [0.4, 0.5) is 10.3 Å². The molecule has 1 aromatic carbocycles. The summed E-state index contributed by atoms with van der Waals surface area (Å²) in [4.78, 5) is 23.6. The Hall–Kier alpha value is -3.55. The van der Waals surface area contributed by atoms with Crippen molar-refractivity contribution in [2.75, 3.05) is 5.32 Å². The first-order valence-electron chi connectivity index (χ1n) is 7.56. The molecule has 0 unspecified atom stereocenters. The molecular formula is C17H13FN6O. The van der Waals surface area contributed by atoms with E-state index in [1.807, 2.05) is 0 Å². The fourth-order valence-corrected chi connectivity index (χ4v) is 2.58. The zero-order valence-electron chi connectivity index (χ0n) is 13.0. The first kappa shape index (κ1) is 15.0. The topological polar surface area (TPSA) is 88.5 Å². The Morgan fingerprint density at radius 1 is 1.24 bits per heavy atom. The Morgan fingerprint density at radius 2 is 2.16 bits per heavy atom. The molecule has 3 aromatic heterocycles. The molecule has 0 aliphatic heterocycles. The average molecular weight is 336 g/mol. The van der Waals surface area contributed by atoms with E-state index in [0.29, 0.717) is 17.8 Å². The molecule has 0 aliphatic carbocycles. The van der Waals surface area contributed by atoms with Crippen LogP contribution < -0.4 is 5.32 Å². The zero-order valence-corrected chi connectivity index (χ0v) is 13.0. The molecule has 0 fully saturated rings. The molecule has 0 atom stereocenters. The summed E-state index contributed by atoms with van der Waals surface area (Å²) in [6, 6.07) is 9.66. The number of nitrogens with one attached hydrogen (secondary N) is 2. The molecule has 2 N–H and O–H groups in total. The number of fused-ring (bicyclic) bond motifs is 1. The van der Waals surface area contributed by atoms with E-state index >= 15 is 0 Å². The molecule has 7 nitrogen and oxygen atoms in total. The molecule has 0 saturated heterocycles. The summed E-state index contributed by atoms with van der Waals surface area (Å²) in [7, 11) is 0. The van der Waals surface area contributed by atoms with Crippen LogP contribution >= 0.6 is 0 Å². The van der Waals surface area contributed by atoms with Gasteiger partial charge >= 0.3 is 0 Å². The molecule has 4 aromatic rings. The fraction of sp³-hybridized carbons (Fsp3) is 0.0588. The van der Waals surface area contributed by atoms with E-state index in [9.17, 15) is 9.18 Å². The zero-order chi connectivity index (χ0) is 17.2. The summed E-state index contributed by atoms with van der Waals surface area (Å²) in [5, 5.41) is 7.58. The fourth-order valence-electron chi connectivity index (χ4n) is 2.58. The largest absolute Gasteiger partial charge is 0.346 e. The normalized spacial score (nSPS) is 10.9. The number of benzene rings is 1. The summed E-state index contributed by atoms with van der Waals surface area (Å²) in [5.74, 6) is -0.447. The monoisotopic (exact) mass is 336 g/mol. The number of hydrogen-bond donors (Lipinski definition) is 2. The second kappa shape index (κ2) is 6.16. The lowest BCUT2D eigenvalue weighted by Crippen LogP contribution is -2.14. The van der Waals surface area contributed by atoms with Crippen molar-refractivity contribution in [1.82, 2.24) is 24.7 Å². The molecule has 8 heteroatoms. The number of halogens is 1. The molecule has 4 rings (SSSR count). The third-order valence-corrected chi connectivity index (χ3v) is 3.70. The molecule has 3 heterocycles. The summed E-state index contributed by atoms with van der Waals surface area (Å²) in [6.07, 6.45) is 4.77. The van der Waals surface area contributed by atoms with Crippen LogP contribution in [0.25, 0.3) is 11.0 Å². The number of aromatic amines is 1. The van der Waals surface area contributed by atoms with Crippen molar-refractivity contribution < 1.29 is 9.18 Å². The van der Waals surface area contributed by atoms with Gasteiger partial charge in [0.25, 0.3) is 5.91 Å². The van der Waals surface area contributed by atoms with E-state index in [1.165, 1.54) is 23.1 Å². The maximum atomic E-state index is 13.2. The van der Waals surface area contributed by atoms with Crippen LogP contribution in [0.5, 0.6) is 0 Å². The standard InChI is InChI=1S/C17H13FN6O/c18-12-3-1-2-11(8-12)9-24-10-21-17(23-24)22-16(25)14-5-7-20-15-13(14)4-6-19-15/h1-8,10H,9H2,(H,19,20)(H,22,23,25). The quantitative estimate of drug-likeness (QED) is 0.599. The minimum absolute atomic E-state index is 0.182. The first-order chi connectivity index (χ1) is 12.2. The summed E-state index contributed by atoms with van der Waals surface area (Å²) >= 11 is 0. The van der Waals surface area contributed by atoms with Crippen molar-refractivity contribution in [3.63, 3.8) is 0 Å². The number of nitrogens with zero attached hydrogens (tertiary/aromatic N) is 4. The summed E-state index contributed by atoms with van der Waals surface area (Å²) < 4.78 is 14.8. The Balaban J connectivity index is 1.51. The van der Waals surface area contributed by atoms with Crippen LogP contribution in [-0.2, 0) is 6.54 Å². The van der Waals surface area contributed by atoms with Crippen molar-refractivity contribution >= 4 is 22.9 Å². The molecule has 0 spiro atoms. The Labute approximate surface area is 141 Å². The van der Waals surface area contributed by atoms with Crippen LogP contribution in [-0.4, -0.2) is 30.6 Å². The maximum Gasteiger partial charge on any atom is 0.258 e. The number of carbonyl (C=O) groups is 1. The highest BCUT2D eigenvalue weighted by molar-refractivity contribution is 6.11. The number of hydrogen-bond acceptors (Lipinski definition) is 4. The molecule has 25 heavy (non-hydrogen) atoms. The van der Waals surface area contributed by atoms with E-state index in [0.717, 1.165) is 10.9 Å². The maximum absolute atomic E-state index is 13.2. The van der Waals surface area contributed by atoms with Gasteiger partial charge < -0.3 is 4.98 Å². The van der Waals surface area contributed by atoms with Crippen molar-refractivity contribution in [2.45, 2.75) is 6.54 Å². The highest BCUT2D eigenvalue weighted by atomic mass is 19.1. The van der Waals surface area contributed by atoms with Crippen molar-refractivity contribution in [2.24, 2.45) is 0 Å². The minimum Gasteiger partial charge on any atom is -0.346 e. The van der Waals surface area contributed by atoms with Crippen LogP contribution in [0.2, 0.25) is 0 Å². The smallest absolute Gasteiger partial charge is 0.258 e. The lowest BCUT2D eigenvalue weighted by Gasteiger charge is -2.03. The molecule has 1 amide bonds. The van der Waals surface area contributed by atoms with E-state index in [2.05, 4.69) is 25.4 Å². The second-order valence-corrected chi connectivity index (χ2v) is 5.45. The van der Waals surface area contributed by atoms with Gasteiger partial charge in [0, 0.05) is 17.8 Å². The molecule has 0 bridgehead atoms. The second-order valence-electron chi connectivity index (χ2n) is 5.45. The predicted molar refractivity (Wildman–Crippen MR) is 89.6 cm³/mol. The van der Waals surface area contributed by atoms with Gasteiger partial charge in [0.1, 0.15) is 17.8 Å². The van der Waals surface area contributed by atoms with Gasteiger partial charge in [0.15, 0.2) is 0 Å². The van der Waals surface area contributed by atoms with Gasteiger partial charge in [-0.3, -0.25) is 10.1 Å². The first-order valence-corrected chi connectivity index (χ1v) is 7.56. The van der Waals surface area contributed by atoms with E-state index in [1.54, 1.807) is 36.7 Å². The number of carbonyl (C=O) groups excluding carboxylic acids is 1. The number of rotatable bonds is 4. The minimum atomic E-state index is -0.324. The Morgan fingerprint density at radius 3 is 3.04 bits per heavy atom. The molecule has 124 valence electrons. The van der Waals surface area contributed by atoms with Gasteiger partial charge in [-0.2, -0.15) is 0 Å². The van der Waals surface area contributed by atoms with Gasteiger partial charge in [-0.05, 0) is 29.8 Å². The highest BCUT2D eigenvalue weighted by Crippen LogP contribution is 2.16. The molecule has 0 radical (unpaired) electrons. The Kier molecular flexibility index (Phi) is 3.70. The molecular weight excluding hydrogens is 323 g/mol. The number of H-pyrrole nitrogens is 1. The van der Waals surface area contributed by atoms with Crippen molar-refractivity contribution in [3.05, 3.63) is 72.1 Å². The van der Waals surface area contributed by atoms with Crippen molar-refractivity contribution in [1.29, 1.82) is 0 Å². The average Bonchev–Trinajstić information content (AvgIpc) is 3.23. The van der Waals surface area contributed by atoms with Gasteiger partial charge in [0.2, 0.25) is 5.95 Å². The van der Waals surface area contributed by atoms with Crippen molar-refractivity contribution in [3.8, 4) is 0 Å². The van der Waals surface area contributed by atoms with Gasteiger partial charge in [-0.1, -0.05) is 12.1 Å². The molecule has 0 aliphatic rings. The SMILES string of the molecule is O=C(Nc1ncn(Cc2cccc(F)c2)n1)c1ccnc2[nH]ccc12. The van der Waals surface area contributed by atoms with Gasteiger partial charge in [-0.25, -0.2) is 19.0 Å². The number of aromatic nitrogens is 5. The predicted octanol–water partition coefficient (Wildman–Crippen LogP) is 2.59. The third-order valence-electron chi connectivity index (χ3n) is 3.70. The van der Waals surface area contributed by atoms with Crippen LogP contribution in [0, 0.1) is 5.82 Å².